The van der Waals surface area contributed by atoms with Crippen LogP contribution in [-0.2, 0) is 4.79 Å². The highest BCUT2D eigenvalue weighted by molar-refractivity contribution is 5.83. The summed E-state index contributed by atoms with van der Waals surface area (Å²) in [5.41, 5.74) is 1.16. The minimum Gasteiger partial charge on any atom is -0.348 e. The zero-order valence-corrected chi connectivity index (χ0v) is 14.1. The predicted octanol–water partition coefficient (Wildman–Crippen LogP) is 3.75. The Balaban J connectivity index is 1.58. The topological polar surface area (TPSA) is 32.3 Å². The Morgan fingerprint density at radius 2 is 1.87 bits per heavy atom. The minimum atomic E-state index is 0.0378. The molecule has 0 radical (unpaired) electrons. The molecule has 0 saturated carbocycles. The monoisotopic (exact) mass is 310 g/mol. The second kappa shape index (κ2) is 7.14. The molecule has 3 rings (SSSR count). The molecule has 1 fully saturated rings. The molecule has 1 aliphatic rings. The lowest BCUT2D eigenvalue weighted by Gasteiger charge is -2.30. The van der Waals surface area contributed by atoms with Gasteiger partial charge in [-0.2, -0.15) is 0 Å². The van der Waals surface area contributed by atoms with Gasteiger partial charge in [-0.1, -0.05) is 43.3 Å². The standard InChI is InChI=1S/C20H26N2O/c1-15-9-11-22(12-10-15)14-20(23)21-16(2)18-8-7-17-5-3-4-6-19(17)13-18/h3-8,13,15-16H,9-12,14H2,1-2H3,(H,21,23)/t16-/m0/s1. The first-order valence-electron chi connectivity index (χ1n) is 8.62. The van der Waals surface area contributed by atoms with Crippen LogP contribution in [0.2, 0.25) is 0 Å². The zero-order chi connectivity index (χ0) is 16.2. The fourth-order valence-corrected chi connectivity index (χ4v) is 3.27. The highest BCUT2D eigenvalue weighted by atomic mass is 16.2. The fourth-order valence-electron chi connectivity index (χ4n) is 3.27. The number of carbonyl (C=O) groups is 1. The predicted molar refractivity (Wildman–Crippen MR) is 95.3 cm³/mol. The van der Waals surface area contributed by atoms with Gasteiger partial charge in [-0.3, -0.25) is 9.69 Å². The Morgan fingerprint density at radius 3 is 2.61 bits per heavy atom. The number of amides is 1. The van der Waals surface area contributed by atoms with E-state index in [-0.39, 0.29) is 11.9 Å². The zero-order valence-electron chi connectivity index (χ0n) is 14.1. The van der Waals surface area contributed by atoms with E-state index >= 15 is 0 Å². The van der Waals surface area contributed by atoms with Crippen LogP contribution in [0.4, 0.5) is 0 Å². The summed E-state index contributed by atoms with van der Waals surface area (Å²) < 4.78 is 0. The summed E-state index contributed by atoms with van der Waals surface area (Å²) in [7, 11) is 0. The Hall–Kier alpha value is -1.87. The lowest BCUT2D eigenvalue weighted by atomic mass is 9.99. The Kier molecular flexibility index (Phi) is 4.97. The molecule has 1 N–H and O–H groups in total. The average molecular weight is 310 g/mol. The summed E-state index contributed by atoms with van der Waals surface area (Å²) in [6.07, 6.45) is 2.40. The van der Waals surface area contributed by atoms with Gasteiger partial charge < -0.3 is 5.32 Å². The third-order valence-corrected chi connectivity index (χ3v) is 4.89. The van der Waals surface area contributed by atoms with E-state index in [0.29, 0.717) is 6.54 Å². The first-order valence-corrected chi connectivity index (χ1v) is 8.62. The van der Waals surface area contributed by atoms with Crippen LogP contribution in [0.1, 0.15) is 38.3 Å². The molecule has 122 valence electrons. The maximum absolute atomic E-state index is 12.3. The number of nitrogens with one attached hydrogen (secondary N) is 1. The van der Waals surface area contributed by atoms with Gasteiger partial charge in [-0.15, -0.1) is 0 Å². The van der Waals surface area contributed by atoms with Crippen molar-refractivity contribution in [2.24, 2.45) is 5.92 Å². The van der Waals surface area contributed by atoms with E-state index in [2.05, 4.69) is 54.4 Å². The summed E-state index contributed by atoms with van der Waals surface area (Å²) in [4.78, 5) is 14.6. The van der Waals surface area contributed by atoms with Crippen molar-refractivity contribution in [3.63, 3.8) is 0 Å². The van der Waals surface area contributed by atoms with Crippen molar-refractivity contribution in [3.05, 3.63) is 48.0 Å². The normalized spacial score (nSPS) is 18.0. The molecule has 2 aromatic carbocycles. The van der Waals surface area contributed by atoms with E-state index < -0.39 is 0 Å². The molecule has 1 atom stereocenters. The summed E-state index contributed by atoms with van der Waals surface area (Å²) in [6.45, 7) is 6.95. The number of benzene rings is 2. The first kappa shape index (κ1) is 16.0. The molecule has 0 aliphatic carbocycles. The van der Waals surface area contributed by atoms with E-state index in [0.717, 1.165) is 24.6 Å². The van der Waals surface area contributed by atoms with Crippen molar-refractivity contribution in [2.45, 2.75) is 32.7 Å². The highest BCUT2D eigenvalue weighted by Crippen LogP contribution is 2.20. The van der Waals surface area contributed by atoms with E-state index in [1.54, 1.807) is 0 Å². The molecular weight excluding hydrogens is 284 g/mol. The smallest absolute Gasteiger partial charge is 0.234 e. The van der Waals surface area contributed by atoms with Crippen LogP contribution in [0.25, 0.3) is 10.8 Å². The van der Waals surface area contributed by atoms with Crippen molar-refractivity contribution in [3.8, 4) is 0 Å². The van der Waals surface area contributed by atoms with Gasteiger partial charge in [-0.25, -0.2) is 0 Å². The van der Waals surface area contributed by atoms with Gasteiger partial charge in [0.25, 0.3) is 0 Å². The highest BCUT2D eigenvalue weighted by Gasteiger charge is 2.19. The average Bonchev–Trinajstić information content (AvgIpc) is 2.56. The number of carbonyl (C=O) groups excluding carboxylic acids is 1. The van der Waals surface area contributed by atoms with Crippen molar-refractivity contribution in [1.29, 1.82) is 0 Å². The van der Waals surface area contributed by atoms with Crippen LogP contribution in [0, 0.1) is 5.92 Å². The first-order chi connectivity index (χ1) is 11.1. The molecule has 2 aromatic rings. The van der Waals surface area contributed by atoms with Gasteiger partial charge in [0, 0.05) is 0 Å². The summed E-state index contributed by atoms with van der Waals surface area (Å²) >= 11 is 0. The van der Waals surface area contributed by atoms with Crippen LogP contribution in [0.15, 0.2) is 42.5 Å². The van der Waals surface area contributed by atoms with E-state index in [1.165, 1.54) is 23.6 Å². The number of likely N-dealkylation sites (tertiary alicyclic amines) is 1. The number of rotatable bonds is 4. The molecule has 0 unspecified atom stereocenters. The Morgan fingerprint density at radius 1 is 1.17 bits per heavy atom. The summed E-state index contributed by atoms with van der Waals surface area (Å²) in [5, 5.41) is 5.59. The molecule has 3 nitrogen and oxygen atoms in total. The summed E-state index contributed by atoms with van der Waals surface area (Å²) in [5.74, 6) is 0.922. The molecule has 0 bridgehead atoms. The van der Waals surface area contributed by atoms with Gasteiger partial charge in [0.2, 0.25) is 5.91 Å². The maximum Gasteiger partial charge on any atom is 0.234 e. The van der Waals surface area contributed by atoms with E-state index in [1.807, 2.05) is 12.1 Å². The fraction of sp³-hybridized carbons (Fsp3) is 0.450. The van der Waals surface area contributed by atoms with Gasteiger partial charge in [0.15, 0.2) is 0 Å². The molecule has 1 heterocycles. The molecule has 3 heteroatoms. The maximum atomic E-state index is 12.3. The van der Waals surface area contributed by atoms with Crippen LogP contribution >= 0.6 is 0 Å². The number of hydrogen-bond acceptors (Lipinski definition) is 2. The molecular formula is C20H26N2O. The van der Waals surface area contributed by atoms with E-state index in [4.69, 9.17) is 0 Å². The SMILES string of the molecule is CC1CCN(CC(=O)N[C@@H](C)c2ccc3ccccc3c2)CC1. The Labute approximate surface area is 138 Å². The van der Waals surface area contributed by atoms with Crippen molar-refractivity contribution < 1.29 is 4.79 Å². The van der Waals surface area contributed by atoms with Crippen molar-refractivity contribution >= 4 is 16.7 Å². The van der Waals surface area contributed by atoms with Crippen LogP contribution in [0.3, 0.4) is 0 Å². The van der Waals surface area contributed by atoms with E-state index in [9.17, 15) is 4.79 Å². The van der Waals surface area contributed by atoms with Crippen LogP contribution < -0.4 is 5.32 Å². The molecule has 1 amide bonds. The molecule has 1 saturated heterocycles. The third-order valence-electron chi connectivity index (χ3n) is 4.89. The second-order valence-electron chi connectivity index (χ2n) is 6.85. The van der Waals surface area contributed by atoms with Crippen LogP contribution in [0.5, 0.6) is 0 Å². The molecule has 23 heavy (non-hydrogen) atoms. The number of fused-ring (bicyclic) bond motifs is 1. The van der Waals surface area contributed by atoms with Crippen molar-refractivity contribution in [2.75, 3.05) is 19.6 Å². The number of hydrogen-bond donors (Lipinski definition) is 1. The lowest BCUT2D eigenvalue weighted by molar-refractivity contribution is -0.123. The third kappa shape index (κ3) is 4.11. The minimum absolute atomic E-state index is 0.0378. The lowest BCUT2D eigenvalue weighted by Crippen LogP contribution is -2.41. The number of piperidine rings is 1. The molecule has 0 spiro atoms. The van der Waals surface area contributed by atoms with Gasteiger partial charge in [0.1, 0.15) is 0 Å². The molecule has 1 aliphatic heterocycles. The molecule has 0 aromatic heterocycles. The van der Waals surface area contributed by atoms with Crippen molar-refractivity contribution in [1.82, 2.24) is 10.2 Å². The van der Waals surface area contributed by atoms with Gasteiger partial charge in [-0.05, 0) is 61.2 Å². The van der Waals surface area contributed by atoms with Crippen LogP contribution in [-0.4, -0.2) is 30.4 Å². The van der Waals surface area contributed by atoms with Gasteiger partial charge >= 0.3 is 0 Å². The largest absolute Gasteiger partial charge is 0.348 e. The quantitative estimate of drug-likeness (QED) is 0.933. The number of nitrogens with zero attached hydrogens (tertiary/aromatic N) is 1. The Bertz CT molecular complexity index is 674. The second-order valence-corrected chi connectivity index (χ2v) is 6.85. The van der Waals surface area contributed by atoms with Gasteiger partial charge in [0.05, 0.1) is 12.6 Å². The summed E-state index contributed by atoms with van der Waals surface area (Å²) in [6, 6.07) is 14.8.